The Labute approximate surface area is 103 Å². The van der Waals surface area contributed by atoms with Crippen LogP contribution in [0.25, 0.3) is 0 Å². The first-order valence-corrected chi connectivity index (χ1v) is 7.33. The Bertz CT molecular complexity index is 344. The molecule has 0 radical (unpaired) electrons. The zero-order valence-electron chi connectivity index (χ0n) is 10.5. The average molecular weight is 237 g/mol. The standard InChI is InChI=1S/C14H23NS/c1-3-11-7-8-14(15,9-11)10-13-6-5-12(4-2)16-13/h5-6,11H,3-4,7-10,15H2,1-2H3. The second-order valence-corrected chi connectivity index (χ2v) is 6.53. The summed E-state index contributed by atoms with van der Waals surface area (Å²) in [5.41, 5.74) is 6.61. The van der Waals surface area contributed by atoms with Gasteiger partial charge in [0.2, 0.25) is 0 Å². The van der Waals surface area contributed by atoms with Crippen LogP contribution in [0.1, 0.15) is 49.3 Å². The molecule has 1 aliphatic carbocycles. The van der Waals surface area contributed by atoms with E-state index in [2.05, 4.69) is 26.0 Å². The van der Waals surface area contributed by atoms with Gasteiger partial charge in [-0.1, -0.05) is 20.3 Å². The van der Waals surface area contributed by atoms with Crippen LogP contribution in [0.2, 0.25) is 0 Å². The van der Waals surface area contributed by atoms with Gasteiger partial charge in [0.15, 0.2) is 0 Å². The molecule has 2 rings (SSSR count). The summed E-state index contributed by atoms with van der Waals surface area (Å²) < 4.78 is 0. The van der Waals surface area contributed by atoms with Gasteiger partial charge in [0, 0.05) is 15.3 Å². The fraction of sp³-hybridized carbons (Fsp3) is 0.714. The maximum Gasteiger partial charge on any atom is 0.0205 e. The van der Waals surface area contributed by atoms with E-state index in [1.807, 2.05) is 11.3 Å². The van der Waals surface area contributed by atoms with Gasteiger partial charge in [-0.3, -0.25) is 0 Å². The molecule has 16 heavy (non-hydrogen) atoms. The van der Waals surface area contributed by atoms with E-state index in [-0.39, 0.29) is 5.54 Å². The zero-order chi connectivity index (χ0) is 11.6. The lowest BCUT2D eigenvalue weighted by molar-refractivity contribution is 0.409. The van der Waals surface area contributed by atoms with Crippen molar-refractivity contribution < 1.29 is 0 Å². The van der Waals surface area contributed by atoms with Gasteiger partial charge >= 0.3 is 0 Å². The van der Waals surface area contributed by atoms with Crippen LogP contribution in [-0.4, -0.2) is 5.54 Å². The molecule has 2 N–H and O–H groups in total. The third kappa shape index (κ3) is 2.67. The normalized spacial score (nSPS) is 29.8. The number of hydrogen-bond donors (Lipinski definition) is 1. The topological polar surface area (TPSA) is 26.0 Å². The predicted octanol–water partition coefficient (Wildman–Crippen LogP) is 3.76. The Balaban J connectivity index is 1.98. The van der Waals surface area contributed by atoms with Crippen LogP contribution in [0.5, 0.6) is 0 Å². The molecule has 2 heteroatoms. The summed E-state index contributed by atoms with van der Waals surface area (Å²) in [7, 11) is 0. The SMILES string of the molecule is CCc1ccc(CC2(N)CCC(CC)C2)s1. The van der Waals surface area contributed by atoms with E-state index in [0.717, 1.165) is 18.8 Å². The number of thiophene rings is 1. The molecule has 1 aromatic rings. The van der Waals surface area contributed by atoms with Crippen LogP contribution in [0, 0.1) is 5.92 Å². The van der Waals surface area contributed by atoms with Gasteiger partial charge in [0.05, 0.1) is 0 Å². The van der Waals surface area contributed by atoms with Crippen molar-refractivity contribution in [1.82, 2.24) is 0 Å². The zero-order valence-corrected chi connectivity index (χ0v) is 11.3. The smallest absolute Gasteiger partial charge is 0.0205 e. The molecule has 1 nitrogen and oxygen atoms in total. The van der Waals surface area contributed by atoms with Crippen molar-refractivity contribution in [2.75, 3.05) is 0 Å². The molecule has 1 aliphatic rings. The highest BCUT2D eigenvalue weighted by Gasteiger charge is 2.35. The summed E-state index contributed by atoms with van der Waals surface area (Å²) in [4.78, 5) is 2.97. The van der Waals surface area contributed by atoms with Gasteiger partial charge in [-0.25, -0.2) is 0 Å². The molecule has 0 aromatic carbocycles. The molecule has 90 valence electrons. The molecule has 1 aromatic heterocycles. The molecule has 1 fully saturated rings. The van der Waals surface area contributed by atoms with Gasteiger partial charge in [0.1, 0.15) is 0 Å². The number of aryl methyl sites for hydroxylation is 1. The largest absolute Gasteiger partial charge is 0.325 e. The van der Waals surface area contributed by atoms with E-state index in [1.165, 1.54) is 35.4 Å². The van der Waals surface area contributed by atoms with Crippen molar-refractivity contribution >= 4 is 11.3 Å². The van der Waals surface area contributed by atoms with Gasteiger partial charge in [-0.05, 0) is 50.2 Å². The van der Waals surface area contributed by atoms with Crippen LogP contribution in [0.3, 0.4) is 0 Å². The van der Waals surface area contributed by atoms with Crippen LogP contribution in [-0.2, 0) is 12.8 Å². The molecule has 0 bridgehead atoms. The van der Waals surface area contributed by atoms with E-state index in [1.54, 1.807) is 0 Å². The van der Waals surface area contributed by atoms with E-state index in [9.17, 15) is 0 Å². The van der Waals surface area contributed by atoms with E-state index in [0.29, 0.717) is 0 Å². The fourth-order valence-corrected chi connectivity index (χ4v) is 3.95. The predicted molar refractivity (Wildman–Crippen MR) is 72.0 cm³/mol. The summed E-state index contributed by atoms with van der Waals surface area (Å²) in [5.74, 6) is 0.871. The molecule has 0 saturated heterocycles. The Morgan fingerprint density at radius 2 is 2.12 bits per heavy atom. The van der Waals surface area contributed by atoms with Crippen molar-refractivity contribution in [2.24, 2.45) is 11.7 Å². The first-order chi connectivity index (χ1) is 7.65. The molecule has 0 spiro atoms. The number of hydrogen-bond acceptors (Lipinski definition) is 2. The lowest BCUT2D eigenvalue weighted by Gasteiger charge is -2.23. The first kappa shape index (κ1) is 12.1. The third-order valence-electron chi connectivity index (χ3n) is 3.92. The van der Waals surface area contributed by atoms with Crippen LogP contribution in [0.15, 0.2) is 12.1 Å². The van der Waals surface area contributed by atoms with Crippen LogP contribution < -0.4 is 5.73 Å². The molecule has 1 heterocycles. The third-order valence-corrected chi connectivity index (χ3v) is 5.14. The Hall–Kier alpha value is -0.340. The minimum absolute atomic E-state index is 0.0938. The van der Waals surface area contributed by atoms with Crippen LogP contribution in [0.4, 0.5) is 0 Å². The minimum atomic E-state index is 0.0938. The Morgan fingerprint density at radius 1 is 1.38 bits per heavy atom. The summed E-state index contributed by atoms with van der Waals surface area (Å²) in [6.07, 6.45) is 7.31. The van der Waals surface area contributed by atoms with Crippen molar-refractivity contribution in [1.29, 1.82) is 0 Å². The van der Waals surface area contributed by atoms with Crippen molar-refractivity contribution in [3.05, 3.63) is 21.9 Å². The highest BCUT2D eigenvalue weighted by Crippen LogP contribution is 2.37. The highest BCUT2D eigenvalue weighted by molar-refractivity contribution is 7.12. The van der Waals surface area contributed by atoms with E-state index in [4.69, 9.17) is 5.73 Å². The number of nitrogens with two attached hydrogens (primary N) is 1. The first-order valence-electron chi connectivity index (χ1n) is 6.51. The minimum Gasteiger partial charge on any atom is -0.325 e. The second kappa shape index (κ2) is 4.89. The number of rotatable bonds is 4. The molecule has 2 unspecified atom stereocenters. The average Bonchev–Trinajstić information content (AvgIpc) is 2.85. The quantitative estimate of drug-likeness (QED) is 0.848. The van der Waals surface area contributed by atoms with Gasteiger partial charge in [-0.15, -0.1) is 11.3 Å². The van der Waals surface area contributed by atoms with Gasteiger partial charge in [-0.2, -0.15) is 0 Å². The maximum absolute atomic E-state index is 6.51. The Morgan fingerprint density at radius 3 is 2.69 bits per heavy atom. The molecule has 2 atom stereocenters. The monoisotopic (exact) mass is 237 g/mol. The maximum atomic E-state index is 6.51. The summed E-state index contributed by atoms with van der Waals surface area (Å²) in [6.45, 7) is 4.51. The van der Waals surface area contributed by atoms with Gasteiger partial charge in [0.25, 0.3) is 0 Å². The van der Waals surface area contributed by atoms with Crippen molar-refractivity contribution in [2.45, 2.75) is 57.9 Å². The molecule has 1 saturated carbocycles. The molecule has 0 amide bonds. The summed E-state index contributed by atoms with van der Waals surface area (Å²) in [6, 6.07) is 4.53. The van der Waals surface area contributed by atoms with Crippen molar-refractivity contribution in [3.8, 4) is 0 Å². The van der Waals surface area contributed by atoms with Gasteiger partial charge < -0.3 is 5.73 Å². The highest BCUT2D eigenvalue weighted by atomic mass is 32.1. The second-order valence-electron chi connectivity index (χ2n) is 5.28. The van der Waals surface area contributed by atoms with E-state index >= 15 is 0 Å². The molecular weight excluding hydrogens is 214 g/mol. The fourth-order valence-electron chi connectivity index (χ4n) is 2.83. The molecular formula is C14H23NS. The summed E-state index contributed by atoms with van der Waals surface area (Å²) in [5, 5.41) is 0. The molecule has 0 aliphatic heterocycles. The lowest BCUT2D eigenvalue weighted by atomic mass is 9.92. The van der Waals surface area contributed by atoms with Crippen LogP contribution >= 0.6 is 11.3 Å². The lowest BCUT2D eigenvalue weighted by Crippen LogP contribution is -2.39. The van der Waals surface area contributed by atoms with Crippen molar-refractivity contribution in [3.63, 3.8) is 0 Å². The van der Waals surface area contributed by atoms with E-state index < -0.39 is 0 Å². The Kier molecular flexibility index (Phi) is 3.70. The summed E-state index contributed by atoms with van der Waals surface area (Å²) >= 11 is 1.95.